The fraction of sp³-hybridized carbons (Fsp3) is 0.815. The first-order chi connectivity index (χ1) is 16.4. The van der Waals surface area contributed by atoms with Gasteiger partial charge in [0, 0.05) is 55.9 Å². The molecule has 0 radical (unpaired) electrons. The molecule has 0 aliphatic heterocycles. The smallest absolute Gasteiger partial charge is 0.305 e. The van der Waals surface area contributed by atoms with E-state index in [9.17, 15) is 24.0 Å². The van der Waals surface area contributed by atoms with Crippen molar-refractivity contribution < 1.29 is 34.2 Å². The second-order valence-corrected chi connectivity index (χ2v) is 12.1. The van der Waals surface area contributed by atoms with Crippen molar-refractivity contribution in [1.82, 2.24) is 15.1 Å². The summed E-state index contributed by atoms with van der Waals surface area (Å²) in [5.74, 6) is -1.95. The van der Waals surface area contributed by atoms with Crippen LogP contribution in [0.3, 0.4) is 0 Å². The fourth-order valence-corrected chi connectivity index (χ4v) is 2.79. The molecule has 0 aromatic carbocycles. The number of rotatable bonds is 8. The van der Waals surface area contributed by atoms with Gasteiger partial charge in [0.15, 0.2) is 0 Å². The van der Waals surface area contributed by atoms with Gasteiger partial charge in [-0.05, 0) is 20.3 Å². The zero-order valence-electron chi connectivity index (χ0n) is 25.4. The molecule has 1 atom stereocenters. The van der Waals surface area contributed by atoms with E-state index < -0.39 is 23.4 Å². The van der Waals surface area contributed by atoms with Gasteiger partial charge in [-0.2, -0.15) is 0 Å². The van der Waals surface area contributed by atoms with Crippen LogP contribution < -0.4 is 5.32 Å². The van der Waals surface area contributed by atoms with Gasteiger partial charge < -0.3 is 25.3 Å². The molecule has 0 fully saturated rings. The number of nitrogens with one attached hydrogen (secondary N) is 1. The summed E-state index contributed by atoms with van der Waals surface area (Å²) in [5, 5.41) is 19.8. The second-order valence-electron chi connectivity index (χ2n) is 12.1. The predicted molar refractivity (Wildman–Crippen MR) is 146 cm³/mol. The quantitative estimate of drug-likeness (QED) is 0.431. The van der Waals surface area contributed by atoms with E-state index in [4.69, 9.17) is 10.2 Å². The highest BCUT2D eigenvalue weighted by Gasteiger charge is 2.26. The second kappa shape index (κ2) is 17.0. The summed E-state index contributed by atoms with van der Waals surface area (Å²) in [6.07, 6.45) is -0.319. The minimum Gasteiger partial charge on any atom is -0.481 e. The van der Waals surface area contributed by atoms with Gasteiger partial charge in [-0.3, -0.25) is 24.0 Å². The van der Waals surface area contributed by atoms with E-state index in [0.29, 0.717) is 0 Å². The topological polar surface area (TPSA) is 144 Å². The van der Waals surface area contributed by atoms with Gasteiger partial charge in [0.25, 0.3) is 0 Å². The first-order valence-corrected chi connectivity index (χ1v) is 12.7. The monoisotopic (exact) mass is 531 g/mol. The highest BCUT2D eigenvalue weighted by Crippen LogP contribution is 2.17. The van der Waals surface area contributed by atoms with E-state index in [-0.39, 0.29) is 47.8 Å². The fourth-order valence-electron chi connectivity index (χ4n) is 2.79. The lowest BCUT2D eigenvalue weighted by Crippen LogP contribution is -2.42. The van der Waals surface area contributed by atoms with Crippen molar-refractivity contribution in [2.24, 2.45) is 16.2 Å². The molecule has 0 heterocycles. The van der Waals surface area contributed by atoms with Crippen LogP contribution in [0.5, 0.6) is 0 Å². The van der Waals surface area contributed by atoms with Gasteiger partial charge in [0.2, 0.25) is 17.7 Å². The third kappa shape index (κ3) is 20.1. The van der Waals surface area contributed by atoms with Crippen molar-refractivity contribution >= 4 is 29.7 Å². The highest BCUT2D eigenvalue weighted by atomic mass is 16.4. The van der Waals surface area contributed by atoms with Crippen LogP contribution in [0.25, 0.3) is 0 Å². The Hall–Kier alpha value is -2.65. The molecule has 0 aliphatic carbocycles. The average Bonchev–Trinajstić information content (AvgIpc) is 2.70. The summed E-state index contributed by atoms with van der Waals surface area (Å²) >= 11 is 0. The van der Waals surface area contributed by atoms with Crippen LogP contribution in [0.2, 0.25) is 0 Å². The van der Waals surface area contributed by atoms with Crippen LogP contribution in [0.1, 0.15) is 95.4 Å². The minimum absolute atomic E-state index is 0.115. The Morgan fingerprint density at radius 1 is 0.703 bits per heavy atom. The molecule has 37 heavy (non-hydrogen) atoms. The van der Waals surface area contributed by atoms with Crippen molar-refractivity contribution in [1.29, 1.82) is 0 Å². The molecule has 3 N–H and O–H groups in total. The first kappa shape index (κ1) is 38.9. The zero-order valence-corrected chi connectivity index (χ0v) is 25.4. The largest absolute Gasteiger partial charge is 0.481 e. The van der Waals surface area contributed by atoms with E-state index in [1.807, 2.05) is 60.3 Å². The lowest BCUT2D eigenvalue weighted by molar-refractivity contribution is -0.140. The van der Waals surface area contributed by atoms with Gasteiger partial charge in [-0.25, -0.2) is 0 Å². The molecular formula is C27H53N3O7. The third-order valence-electron chi connectivity index (χ3n) is 4.88. The standard InChI is InChI=1S/C11H19NO5.C9H19NO.C7H15NO/c1-11(2,3)10(17)12-7(6-9(15)16)4-5-8(13)14;1-6-10(7-2)8(11)9(3,4)5;1-7(2,3)6(9)8(4)5/h7H,4-6H2,1-3H3,(H,12,17)(H,13,14)(H,15,16);6-7H2,1-5H3;1-5H3/t7-;;/m1../s1. The number of carboxylic acids is 2. The lowest BCUT2D eigenvalue weighted by atomic mass is 9.94. The number of carbonyl (C=O) groups excluding carboxylic acids is 3. The molecule has 218 valence electrons. The lowest BCUT2D eigenvalue weighted by Gasteiger charge is -2.27. The van der Waals surface area contributed by atoms with Crippen molar-refractivity contribution in [2.75, 3.05) is 27.2 Å². The number of hydrogen-bond acceptors (Lipinski definition) is 5. The van der Waals surface area contributed by atoms with E-state index in [1.165, 1.54) is 0 Å². The Labute approximate surface area is 224 Å². The summed E-state index contributed by atoms with van der Waals surface area (Å²) in [5.41, 5.74) is -1.09. The summed E-state index contributed by atoms with van der Waals surface area (Å²) in [7, 11) is 3.54. The maximum Gasteiger partial charge on any atom is 0.305 e. The van der Waals surface area contributed by atoms with Crippen LogP contribution in [-0.4, -0.2) is 82.9 Å². The summed E-state index contributed by atoms with van der Waals surface area (Å²) < 4.78 is 0. The SMILES string of the molecule is CC(C)(C)C(=O)N[C@H](CCC(=O)O)CC(=O)O.CCN(CC)C(=O)C(C)(C)C.CN(C)C(=O)C(C)(C)C. The van der Waals surface area contributed by atoms with Crippen LogP contribution >= 0.6 is 0 Å². The van der Waals surface area contributed by atoms with Gasteiger partial charge in [-0.1, -0.05) is 62.3 Å². The molecule has 3 amide bonds. The number of nitrogens with zero attached hydrogens (tertiary/aromatic N) is 2. The average molecular weight is 532 g/mol. The van der Waals surface area contributed by atoms with Crippen molar-refractivity contribution in [3.8, 4) is 0 Å². The predicted octanol–water partition coefficient (Wildman–Crippen LogP) is 3.88. The Morgan fingerprint density at radius 3 is 1.30 bits per heavy atom. The molecule has 0 rings (SSSR count). The van der Waals surface area contributed by atoms with Crippen LogP contribution in [0.4, 0.5) is 0 Å². The van der Waals surface area contributed by atoms with E-state index in [1.54, 1.807) is 39.8 Å². The zero-order chi connectivity index (χ0) is 30.4. The Balaban J connectivity index is -0.000000500. The van der Waals surface area contributed by atoms with Gasteiger partial charge in [0.1, 0.15) is 0 Å². The highest BCUT2D eigenvalue weighted by molar-refractivity contribution is 5.82. The van der Waals surface area contributed by atoms with E-state index in [0.717, 1.165) is 13.1 Å². The van der Waals surface area contributed by atoms with Gasteiger partial charge in [-0.15, -0.1) is 0 Å². The molecule has 0 aliphatic rings. The van der Waals surface area contributed by atoms with Crippen LogP contribution in [0.15, 0.2) is 0 Å². The molecule has 0 spiro atoms. The molecule has 0 bridgehead atoms. The number of carboxylic acid groups (broad SMARTS) is 2. The van der Waals surface area contributed by atoms with Crippen molar-refractivity contribution in [3.05, 3.63) is 0 Å². The Kier molecular flexibility index (Phi) is 17.8. The van der Waals surface area contributed by atoms with E-state index in [2.05, 4.69) is 5.32 Å². The van der Waals surface area contributed by atoms with Gasteiger partial charge in [0.05, 0.1) is 6.42 Å². The Bertz CT molecular complexity index is 739. The van der Waals surface area contributed by atoms with Crippen LogP contribution in [0, 0.1) is 16.2 Å². The van der Waals surface area contributed by atoms with Gasteiger partial charge >= 0.3 is 11.9 Å². The molecule has 0 aromatic heterocycles. The Morgan fingerprint density at radius 2 is 1.11 bits per heavy atom. The van der Waals surface area contributed by atoms with Crippen molar-refractivity contribution in [3.63, 3.8) is 0 Å². The number of amides is 3. The molecule has 0 aromatic rings. The molecule has 10 nitrogen and oxygen atoms in total. The molecule has 0 saturated carbocycles. The minimum atomic E-state index is -1.06. The third-order valence-corrected chi connectivity index (χ3v) is 4.88. The maximum atomic E-state index is 11.6. The summed E-state index contributed by atoms with van der Waals surface area (Å²) in [6, 6.07) is -0.643. The molecule has 10 heteroatoms. The summed E-state index contributed by atoms with van der Waals surface area (Å²) in [6.45, 7) is 22.3. The number of hydrogen-bond donors (Lipinski definition) is 3. The van der Waals surface area contributed by atoms with Crippen molar-refractivity contribution in [2.45, 2.75) is 101 Å². The maximum absolute atomic E-state index is 11.6. The summed E-state index contributed by atoms with van der Waals surface area (Å²) in [4.78, 5) is 58.8. The van der Waals surface area contributed by atoms with E-state index >= 15 is 0 Å². The number of aliphatic carboxylic acids is 2. The molecular weight excluding hydrogens is 478 g/mol. The number of carbonyl (C=O) groups is 5. The molecule has 0 saturated heterocycles. The molecule has 0 unspecified atom stereocenters. The van der Waals surface area contributed by atoms with Crippen LogP contribution in [-0.2, 0) is 24.0 Å². The normalized spacial score (nSPS) is 12.0. The first-order valence-electron chi connectivity index (χ1n) is 12.7.